The van der Waals surface area contributed by atoms with Crippen molar-refractivity contribution in [1.82, 2.24) is 10.6 Å². The lowest BCUT2D eigenvalue weighted by Gasteiger charge is -2.46. The van der Waals surface area contributed by atoms with Gasteiger partial charge in [0.25, 0.3) is 5.91 Å². The molecule has 0 aliphatic carbocycles. The summed E-state index contributed by atoms with van der Waals surface area (Å²) in [7, 11) is 3.07. The van der Waals surface area contributed by atoms with Crippen molar-refractivity contribution >= 4 is 11.7 Å². The number of ether oxygens (including phenoxy) is 2. The summed E-state index contributed by atoms with van der Waals surface area (Å²) < 4.78 is 10.5. The Bertz CT molecular complexity index is 948. The number of hydrogen-bond acceptors (Lipinski definition) is 5. The zero-order valence-electron chi connectivity index (χ0n) is 19.2. The number of methoxy groups -OCH3 is 2. The average molecular weight is 425 g/mol. The van der Waals surface area contributed by atoms with Crippen molar-refractivity contribution in [3.8, 4) is 11.5 Å². The van der Waals surface area contributed by atoms with Crippen molar-refractivity contribution in [1.29, 1.82) is 0 Å². The summed E-state index contributed by atoms with van der Waals surface area (Å²) in [6, 6.07) is 11.9. The van der Waals surface area contributed by atoms with Crippen LogP contribution in [0.1, 0.15) is 66.8 Å². The zero-order chi connectivity index (χ0) is 22.8. The minimum atomic E-state index is -0.190. The summed E-state index contributed by atoms with van der Waals surface area (Å²) in [4.78, 5) is 25.8. The molecule has 0 aromatic heterocycles. The van der Waals surface area contributed by atoms with Crippen LogP contribution in [0.25, 0.3) is 0 Å². The maximum atomic E-state index is 13.0. The summed E-state index contributed by atoms with van der Waals surface area (Å²) in [5.41, 5.74) is 1.33. The van der Waals surface area contributed by atoms with Crippen molar-refractivity contribution in [3.05, 3.63) is 59.2 Å². The van der Waals surface area contributed by atoms with E-state index in [-0.39, 0.29) is 28.8 Å². The first-order chi connectivity index (χ1) is 14.5. The van der Waals surface area contributed by atoms with Crippen LogP contribution in [0.2, 0.25) is 0 Å². The monoisotopic (exact) mass is 424 g/mol. The summed E-state index contributed by atoms with van der Waals surface area (Å²) in [6.45, 7) is 8.61. The van der Waals surface area contributed by atoms with Gasteiger partial charge in [0.2, 0.25) is 0 Å². The van der Waals surface area contributed by atoms with Gasteiger partial charge in [-0.3, -0.25) is 9.59 Å². The lowest BCUT2D eigenvalue weighted by Crippen LogP contribution is -2.62. The summed E-state index contributed by atoms with van der Waals surface area (Å²) in [5, 5.41) is 6.78. The van der Waals surface area contributed by atoms with Gasteiger partial charge < -0.3 is 20.1 Å². The van der Waals surface area contributed by atoms with E-state index in [1.807, 2.05) is 0 Å². The van der Waals surface area contributed by atoms with E-state index in [0.717, 1.165) is 12.8 Å². The number of nitrogens with one attached hydrogen (secondary N) is 2. The number of ketones is 1. The fourth-order valence-electron chi connectivity index (χ4n) is 4.61. The summed E-state index contributed by atoms with van der Waals surface area (Å²) in [5.74, 6) is 0.734. The number of amides is 1. The van der Waals surface area contributed by atoms with E-state index in [2.05, 4.69) is 38.3 Å². The largest absolute Gasteiger partial charge is 0.497 e. The number of rotatable bonds is 6. The SMILES string of the molecule is COc1ccc(OC)c(C(=O)c2ccc(C(=O)NC3CC(C)(C)NC(C)(C)C3)cc2)c1. The number of hydrogen-bond donors (Lipinski definition) is 2. The summed E-state index contributed by atoms with van der Waals surface area (Å²) in [6.07, 6.45) is 1.71. The average Bonchev–Trinajstić information content (AvgIpc) is 2.70. The Morgan fingerprint density at radius 1 is 0.903 bits per heavy atom. The first-order valence-electron chi connectivity index (χ1n) is 10.5. The van der Waals surface area contributed by atoms with Gasteiger partial charge in [-0.2, -0.15) is 0 Å². The molecule has 1 amide bonds. The van der Waals surface area contributed by atoms with Gasteiger partial charge >= 0.3 is 0 Å². The molecule has 1 heterocycles. The first kappa shape index (κ1) is 22.8. The second-order valence-electron chi connectivity index (χ2n) is 9.44. The molecule has 0 saturated carbocycles. The number of carbonyl (C=O) groups excluding carboxylic acids is 2. The van der Waals surface area contributed by atoms with Crippen LogP contribution in [0.15, 0.2) is 42.5 Å². The minimum Gasteiger partial charge on any atom is -0.497 e. The normalized spacial score (nSPS) is 17.6. The van der Waals surface area contributed by atoms with Gasteiger partial charge in [-0.05, 0) is 70.9 Å². The van der Waals surface area contributed by atoms with E-state index in [1.165, 1.54) is 7.11 Å². The van der Waals surface area contributed by atoms with E-state index in [1.54, 1.807) is 49.6 Å². The van der Waals surface area contributed by atoms with Gasteiger partial charge in [-0.15, -0.1) is 0 Å². The highest BCUT2D eigenvalue weighted by Crippen LogP contribution is 2.29. The molecule has 0 atom stereocenters. The third-order valence-corrected chi connectivity index (χ3v) is 5.59. The van der Waals surface area contributed by atoms with Crippen LogP contribution in [0, 0.1) is 0 Å². The molecular weight excluding hydrogens is 392 g/mol. The third-order valence-electron chi connectivity index (χ3n) is 5.59. The van der Waals surface area contributed by atoms with Crippen molar-refractivity contribution in [2.45, 2.75) is 57.7 Å². The Kier molecular flexibility index (Phi) is 6.41. The highest BCUT2D eigenvalue weighted by molar-refractivity contribution is 6.11. The first-order valence-corrected chi connectivity index (χ1v) is 10.5. The molecule has 0 radical (unpaired) electrons. The molecule has 2 N–H and O–H groups in total. The smallest absolute Gasteiger partial charge is 0.251 e. The molecule has 1 aliphatic rings. The highest BCUT2D eigenvalue weighted by atomic mass is 16.5. The molecule has 1 aliphatic heterocycles. The van der Waals surface area contributed by atoms with E-state index >= 15 is 0 Å². The van der Waals surface area contributed by atoms with E-state index in [9.17, 15) is 9.59 Å². The van der Waals surface area contributed by atoms with Crippen molar-refractivity contribution in [2.24, 2.45) is 0 Å². The van der Waals surface area contributed by atoms with Crippen LogP contribution in [-0.4, -0.2) is 43.0 Å². The molecule has 31 heavy (non-hydrogen) atoms. The molecule has 1 fully saturated rings. The highest BCUT2D eigenvalue weighted by Gasteiger charge is 2.38. The minimum absolute atomic E-state index is 0.0498. The fourth-order valence-corrected chi connectivity index (χ4v) is 4.61. The Morgan fingerprint density at radius 2 is 1.48 bits per heavy atom. The quantitative estimate of drug-likeness (QED) is 0.686. The van der Waals surface area contributed by atoms with Gasteiger partial charge in [0.05, 0.1) is 19.8 Å². The molecule has 0 unspecified atom stereocenters. The van der Waals surface area contributed by atoms with Gasteiger partial charge in [0.15, 0.2) is 5.78 Å². The fraction of sp³-hybridized carbons (Fsp3) is 0.440. The summed E-state index contributed by atoms with van der Waals surface area (Å²) >= 11 is 0. The molecule has 6 nitrogen and oxygen atoms in total. The van der Waals surface area contributed by atoms with Crippen molar-refractivity contribution < 1.29 is 19.1 Å². The molecule has 0 spiro atoms. The lowest BCUT2D eigenvalue weighted by molar-refractivity contribution is 0.0872. The topological polar surface area (TPSA) is 76.7 Å². The Morgan fingerprint density at radius 3 is 2.03 bits per heavy atom. The lowest BCUT2D eigenvalue weighted by atomic mass is 9.79. The second-order valence-corrected chi connectivity index (χ2v) is 9.44. The Hall–Kier alpha value is -2.86. The molecule has 166 valence electrons. The van der Waals surface area contributed by atoms with Crippen LogP contribution < -0.4 is 20.1 Å². The predicted molar refractivity (Wildman–Crippen MR) is 121 cm³/mol. The molecule has 2 aromatic carbocycles. The Labute approximate surface area is 184 Å². The second kappa shape index (κ2) is 8.71. The van der Waals surface area contributed by atoms with Crippen LogP contribution in [0.5, 0.6) is 11.5 Å². The van der Waals surface area contributed by atoms with Gasteiger partial charge in [-0.25, -0.2) is 0 Å². The predicted octanol–water partition coefficient (Wildman–Crippen LogP) is 3.97. The van der Waals surface area contributed by atoms with Crippen molar-refractivity contribution in [3.63, 3.8) is 0 Å². The van der Waals surface area contributed by atoms with Crippen LogP contribution in [-0.2, 0) is 0 Å². The number of benzene rings is 2. The van der Waals surface area contributed by atoms with Crippen LogP contribution >= 0.6 is 0 Å². The molecule has 6 heteroatoms. The molecule has 3 rings (SSSR count). The number of piperidine rings is 1. The van der Waals surface area contributed by atoms with Crippen LogP contribution in [0.3, 0.4) is 0 Å². The van der Waals surface area contributed by atoms with E-state index < -0.39 is 0 Å². The van der Waals surface area contributed by atoms with Gasteiger partial charge in [0, 0.05) is 28.2 Å². The Balaban J connectivity index is 1.74. The number of carbonyl (C=O) groups is 2. The maximum absolute atomic E-state index is 13.0. The van der Waals surface area contributed by atoms with Gasteiger partial charge in [-0.1, -0.05) is 12.1 Å². The maximum Gasteiger partial charge on any atom is 0.251 e. The van der Waals surface area contributed by atoms with Crippen LogP contribution in [0.4, 0.5) is 0 Å². The van der Waals surface area contributed by atoms with E-state index in [4.69, 9.17) is 9.47 Å². The zero-order valence-corrected chi connectivity index (χ0v) is 19.2. The van der Waals surface area contributed by atoms with Gasteiger partial charge in [0.1, 0.15) is 11.5 Å². The molecule has 1 saturated heterocycles. The molecular formula is C25H32N2O4. The molecule has 2 aromatic rings. The van der Waals surface area contributed by atoms with Crippen molar-refractivity contribution in [2.75, 3.05) is 14.2 Å². The van der Waals surface area contributed by atoms with E-state index in [0.29, 0.717) is 28.2 Å². The molecule has 0 bridgehead atoms. The third kappa shape index (κ3) is 5.44. The standard InChI is InChI=1S/C25H32N2O4/c1-24(2)14-18(15-25(3,4)27-24)26-23(29)17-9-7-16(8-10-17)22(28)20-13-19(30-5)11-12-21(20)31-6/h7-13,18,27H,14-15H2,1-6H3,(H,26,29).